The molecule has 0 radical (unpaired) electrons. The molecular formula is C14H15NO2. The van der Waals surface area contributed by atoms with Crippen LogP contribution in [0.2, 0.25) is 0 Å². The molecule has 0 saturated heterocycles. The van der Waals surface area contributed by atoms with E-state index >= 15 is 0 Å². The Morgan fingerprint density at radius 3 is 2.71 bits per heavy atom. The van der Waals surface area contributed by atoms with Crippen LogP contribution in [0.15, 0.2) is 42.7 Å². The summed E-state index contributed by atoms with van der Waals surface area (Å²) < 4.78 is 5.14. The second-order valence-electron chi connectivity index (χ2n) is 3.97. The molecule has 17 heavy (non-hydrogen) atoms. The van der Waals surface area contributed by atoms with Crippen molar-refractivity contribution in [1.82, 2.24) is 4.98 Å². The van der Waals surface area contributed by atoms with E-state index in [0.29, 0.717) is 0 Å². The van der Waals surface area contributed by atoms with E-state index in [-0.39, 0.29) is 0 Å². The number of aliphatic hydroxyl groups excluding tert-OH is 1. The lowest BCUT2D eigenvalue weighted by Crippen LogP contribution is -2.01. The molecule has 3 heteroatoms. The van der Waals surface area contributed by atoms with Crippen molar-refractivity contribution in [3.63, 3.8) is 0 Å². The molecule has 1 atom stereocenters. The van der Waals surface area contributed by atoms with Gasteiger partial charge < -0.3 is 9.84 Å². The highest BCUT2D eigenvalue weighted by molar-refractivity contribution is 5.35. The molecular weight excluding hydrogens is 214 g/mol. The lowest BCUT2D eigenvalue weighted by Gasteiger charge is -2.12. The van der Waals surface area contributed by atoms with Gasteiger partial charge in [-0.2, -0.15) is 0 Å². The topological polar surface area (TPSA) is 42.4 Å². The van der Waals surface area contributed by atoms with Gasteiger partial charge in [0.1, 0.15) is 11.9 Å². The van der Waals surface area contributed by atoms with Gasteiger partial charge in [0.05, 0.1) is 7.11 Å². The zero-order chi connectivity index (χ0) is 12.3. The fourth-order valence-corrected chi connectivity index (χ4v) is 1.73. The van der Waals surface area contributed by atoms with Crippen LogP contribution in [0.3, 0.4) is 0 Å². The molecule has 1 N–H and O–H groups in total. The number of ether oxygens (including phenoxy) is 1. The molecule has 1 heterocycles. The third-order valence-corrected chi connectivity index (χ3v) is 2.62. The van der Waals surface area contributed by atoms with Crippen LogP contribution in [0.5, 0.6) is 5.75 Å². The fourth-order valence-electron chi connectivity index (χ4n) is 1.73. The molecule has 0 aliphatic heterocycles. The highest BCUT2D eigenvalue weighted by atomic mass is 16.5. The zero-order valence-corrected chi connectivity index (χ0v) is 9.92. The summed E-state index contributed by atoms with van der Waals surface area (Å²) >= 11 is 0. The minimum absolute atomic E-state index is 0.669. The molecule has 1 aromatic heterocycles. The molecule has 0 saturated carbocycles. The average Bonchev–Trinajstić information content (AvgIpc) is 2.38. The molecule has 0 fully saturated rings. The van der Waals surface area contributed by atoms with Gasteiger partial charge in [-0.1, -0.05) is 18.2 Å². The Hall–Kier alpha value is -1.87. The summed E-state index contributed by atoms with van der Waals surface area (Å²) in [6.45, 7) is 1.95. The number of pyridine rings is 1. The predicted octanol–water partition coefficient (Wildman–Crippen LogP) is 2.48. The third-order valence-electron chi connectivity index (χ3n) is 2.62. The Morgan fingerprint density at radius 1 is 1.18 bits per heavy atom. The SMILES string of the molecule is COc1cccc(C(O)c2cncc(C)c2)c1. The van der Waals surface area contributed by atoms with Crippen LogP contribution in [0, 0.1) is 6.92 Å². The maximum absolute atomic E-state index is 10.2. The summed E-state index contributed by atoms with van der Waals surface area (Å²) in [4.78, 5) is 4.08. The lowest BCUT2D eigenvalue weighted by atomic mass is 10.0. The van der Waals surface area contributed by atoms with E-state index in [2.05, 4.69) is 4.98 Å². The van der Waals surface area contributed by atoms with Crippen LogP contribution in [0.4, 0.5) is 0 Å². The normalized spacial score (nSPS) is 12.2. The number of aliphatic hydroxyl groups is 1. The summed E-state index contributed by atoms with van der Waals surface area (Å²) in [6, 6.07) is 9.34. The van der Waals surface area contributed by atoms with E-state index in [1.807, 2.05) is 37.3 Å². The number of rotatable bonds is 3. The van der Waals surface area contributed by atoms with E-state index in [4.69, 9.17) is 4.74 Å². The summed E-state index contributed by atoms with van der Waals surface area (Å²) in [7, 11) is 1.61. The van der Waals surface area contributed by atoms with Crippen LogP contribution in [-0.4, -0.2) is 17.2 Å². The number of aryl methyl sites for hydroxylation is 1. The van der Waals surface area contributed by atoms with Gasteiger partial charge in [0.25, 0.3) is 0 Å². The van der Waals surface area contributed by atoms with Gasteiger partial charge in [-0.05, 0) is 30.2 Å². The predicted molar refractivity (Wildman–Crippen MR) is 66.0 cm³/mol. The molecule has 0 spiro atoms. The number of hydrogen-bond acceptors (Lipinski definition) is 3. The van der Waals surface area contributed by atoms with Gasteiger partial charge in [-0.3, -0.25) is 4.98 Å². The van der Waals surface area contributed by atoms with Crippen molar-refractivity contribution in [2.24, 2.45) is 0 Å². The van der Waals surface area contributed by atoms with Crippen LogP contribution >= 0.6 is 0 Å². The third kappa shape index (κ3) is 2.63. The van der Waals surface area contributed by atoms with E-state index < -0.39 is 6.10 Å². The Balaban J connectivity index is 2.33. The molecule has 2 aromatic rings. The first-order chi connectivity index (χ1) is 8.20. The van der Waals surface area contributed by atoms with Crippen molar-refractivity contribution in [1.29, 1.82) is 0 Å². The van der Waals surface area contributed by atoms with E-state index in [1.54, 1.807) is 19.5 Å². The van der Waals surface area contributed by atoms with Gasteiger partial charge in [-0.15, -0.1) is 0 Å². The maximum atomic E-state index is 10.2. The highest BCUT2D eigenvalue weighted by Crippen LogP contribution is 2.24. The average molecular weight is 229 g/mol. The number of aromatic nitrogens is 1. The number of hydrogen-bond donors (Lipinski definition) is 1. The molecule has 0 aliphatic carbocycles. The first-order valence-corrected chi connectivity index (χ1v) is 5.44. The fraction of sp³-hybridized carbons (Fsp3) is 0.214. The van der Waals surface area contributed by atoms with Gasteiger partial charge >= 0.3 is 0 Å². The van der Waals surface area contributed by atoms with Crippen molar-refractivity contribution in [3.05, 3.63) is 59.4 Å². The molecule has 1 aromatic carbocycles. The molecule has 88 valence electrons. The van der Waals surface area contributed by atoms with Crippen molar-refractivity contribution in [2.75, 3.05) is 7.11 Å². The minimum atomic E-state index is -0.669. The molecule has 0 bridgehead atoms. The number of methoxy groups -OCH3 is 1. The number of nitrogens with zero attached hydrogens (tertiary/aromatic N) is 1. The van der Waals surface area contributed by atoms with E-state index in [0.717, 1.165) is 22.4 Å². The minimum Gasteiger partial charge on any atom is -0.497 e. The van der Waals surface area contributed by atoms with Gasteiger partial charge in [-0.25, -0.2) is 0 Å². The Kier molecular flexibility index (Phi) is 3.40. The van der Waals surface area contributed by atoms with Gasteiger partial charge in [0.15, 0.2) is 0 Å². The van der Waals surface area contributed by atoms with E-state index in [9.17, 15) is 5.11 Å². The summed E-state index contributed by atoms with van der Waals surface area (Å²) in [5, 5.41) is 10.2. The first-order valence-electron chi connectivity index (χ1n) is 5.44. The molecule has 3 nitrogen and oxygen atoms in total. The van der Waals surface area contributed by atoms with Crippen molar-refractivity contribution < 1.29 is 9.84 Å². The first kappa shape index (κ1) is 11.6. The monoisotopic (exact) mass is 229 g/mol. The zero-order valence-electron chi connectivity index (χ0n) is 9.92. The second-order valence-corrected chi connectivity index (χ2v) is 3.97. The van der Waals surface area contributed by atoms with Crippen molar-refractivity contribution in [3.8, 4) is 5.75 Å². The van der Waals surface area contributed by atoms with Gasteiger partial charge in [0.2, 0.25) is 0 Å². The molecule has 1 unspecified atom stereocenters. The van der Waals surface area contributed by atoms with Crippen molar-refractivity contribution in [2.45, 2.75) is 13.0 Å². The van der Waals surface area contributed by atoms with E-state index in [1.165, 1.54) is 0 Å². The number of benzene rings is 1. The highest BCUT2D eigenvalue weighted by Gasteiger charge is 2.11. The summed E-state index contributed by atoms with van der Waals surface area (Å²) in [5.74, 6) is 0.738. The lowest BCUT2D eigenvalue weighted by molar-refractivity contribution is 0.219. The van der Waals surface area contributed by atoms with Crippen LogP contribution < -0.4 is 4.74 Å². The second kappa shape index (κ2) is 4.97. The van der Waals surface area contributed by atoms with Crippen LogP contribution in [0.25, 0.3) is 0 Å². The maximum Gasteiger partial charge on any atom is 0.119 e. The Labute approximate surface area is 101 Å². The Bertz CT molecular complexity index is 511. The molecule has 0 aliphatic rings. The summed E-state index contributed by atoms with van der Waals surface area (Å²) in [5.41, 5.74) is 2.62. The van der Waals surface area contributed by atoms with Crippen LogP contribution in [0.1, 0.15) is 22.8 Å². The van der Waals surface area contributed by atoms with Crippen LogP contribution in [-0.2, 0) is 0 Å². The largest absolute Gasteiger partial charge is 0.497 e. The smallest absolute Gasteiger partial charge is 0.119 e. The van der Waals surface area contributed by atoms with Gasteiger partial charge in [0, 0.05) is 18.0 Å². The summed E-state index contributed by atoms with van der Waals surface area (Å²) in [6.07, 6.45) is 2.77. The molecule has 0 amide bonds. The Morgan fingerprint density at radius 2 is 2.00 bits per heavy atom. The standard InChI is InChI=1S/C14H15NO2/c1-10-6-12(9-15-8-10)14(16)11-4-3-5-13(7-11)17-2/h3-9,14,16H,1-2H3. The quantitative estimate of drug-likeness (QED) is 0.879. The molecule has 2 rings (SSSR count). The van der Waals surface area contributed by atoms with Crippen molar-refractivity contribution >= 4 is 0 Å².